The van der Waals surface area contributed by atoms with Crippen molar-refractivity contribution in [3.05, 3.63) is 36.5 Å². The van der Waals surface area contributed by atoms with E-state index in [-0.39, 0.29) is 11.9 Å². The second-order valence-electron chi connectivity index (χ2n) is 4.54. The van der Waals surface area contributed by atoms with E-state index in [1.807, 2.05) is 37.5 Å². The average Bonchev–Trinajstić information content (AvgIpc) is 2.36. The Kier molecular flexibility index (Phi) is 3.46. The highest BCUT2D eigenvalue weighted by molar-refractivity contribution is 5.91. The first-order valence-electron chi connectivity index (χ1n) is 5.99. The Balaban J connectivity index is 2.38. The predicted octanol–water partition coefficient (Wildman–Crippen LogP) is 2.39. The summed E-state index contributed by atoms with van der Waals surface area (Å²) in [6.07, 6.45) is 2.38. The molecule has 4 nitrogen and oxygen atoms in total. The summed E-state index contributed by atoms with van der Waals surface area (Å²) in [5.41, 5.74) is 7.57. The molecule has 0 aliphatic heterocycles. The number of benzene rings is 1. The molecule has 0 amide bonds. The van der Waals surface area contributed by atoms with Crippen molar-refractivity contribution < 1.29 is 0 Å². The van der Waals surface area contributed by atoms with Crippen molar-refractivity contribution in [2.45, 2.75) is 19.4 Å². The van der Waals surface area contributed by atoms with E-state index < -0.39 is 0 Å². The number of para-hydroxylation sites is 1. The van der Waals surface area contributed by atoms with Gasteiger partial charge in [0.2, 0.25) is 0 Å². The number of anilines is 1. The minimum Gasteiger partial charge on any atom is -0.388 e. The van der Waals surface area contributed by atoms with Gasteiger partial charge in [-0.1, -0.05) is 18.2 Å². The molecule has 94 valence electrons. The van der Waals surface area contributed by atoms with Gasteiger partial charge in [0.1, 0.15) is 0 Å². The molecule has 0 saturated carbocycles. The molecule has 0 aliphatic carbocycles. The molecule has 3 N–H and O–H groups in total. The number of amidine groups is 1. The molecule has 2 rings (SSSR count). The van der Waals surface area contributed by atoms with E-state index in [9.17, 15) is 0 Å². The van der Waals surface area contributed by atoms with E-state index in [2.05, 4.69) is 22.9 Å². The number of aromatic nitrogens is 1. The highest BCUT2D eigenvalue weighted by Gasteiger charge is 2.13. The maximum Gasteiger partial charge on any atom is 0.0925 e. The van der Waals surface area contributed by atoms with Crippen LogP contribution in [0.15, 0.2) is 36.5 Å². The molecule has 1 atom stereocenters. The second kappa shape index (κ2) is 5.04. The summed E-state index contributed by atoms with van der Waals surface area (Å²) in [4.78, 5) is 6.50. The van der Waals surface area contributed by atoms with E-state index in [1.165, 1.54) is 0 Å². The van der Waals surface area contributed by atoms with Crippen molar-refractivity contribution in [2.24, 2.45) is 5.73 Å². The molecule has 1 aromatic heterocycles. The fourth-order valence-electron chi connectivity index (χ4n) is 2.08. The normalized spacial score (nSPS) is 12.3. The molecule has 4 heteroatoms. The van der Waals surface area contributed by atoms with E-state index >= 15 is 0 Å². The van der Waals surface area contributed by atoms with E-state index in [0.29, 0.717) is 6.42 Å². The number of nitrogens with one attached hydrogen (secondary N) is 1. The molecule has 1 heterocycles. The Hall–Kier alpha value is -2.10. The SMILES string of the molecule is CC(CC(=N)N)N(C)c1ccnc2ccccc12. The molecular formula is C14H18N4. The third-order valence-electron chi connectivity index (χ3n) is 3.18. The van der Waals surface area contributed by atoms with Gasteiger partial charge in [0.25, 0.3) is 0 Å². The van der Waals surface area contributed by atoms with Crippen molar-refractivity contribution in [1.82, 2.24) is 4.98 Å². The van der Waals surface area contributed by atoms with Crippen molar-refractivity contribution >= 4 is 22.4 Å². The molecule has 0 bridgehead atoms. The lowest BCUT2D eigenvalue weighted by atomic mass is 10.1. The molecule has 1 aromatic carbocycles. The summed E-state index contributed by atoms with van der Waals surface area (Å²) in [7, 11) is 2.02. The molecule has 2 aromatic rings. The van der Waals surface area contributed by atoms with Crippen LogP contribution in [0.5, 0.6) is 0 Å². The highest BCUT2D eigenvalue weighted by atomic mass is 15.1. The molecule has 18 heavy (non-hydrogen) atoms. The topological polar surface area (TPSA) is 66.0 Å². The van der Waals surface area contributed by atoms with Crippen LogP contribution in [0.25, 0.3) is 10.9 Å². The predicted molar refractivity (Wildman–Crippen MR) is 76.1 cm³/mol. The third-order valence-corrected chi connectivity index (χ3v) is 3.18. The fraction of sp³-hybridized carbons (Fsp3) is 0.286. The summed E-state index contributed by atoms with van der Waals surface area (Å²) >= 11 is 0. The van der Waals surface area contributed by atoms with Crippen molar-refractivity contribution in [3.63, 3.8) is 0 Å². The minimum atomic E-state index is 0.188. The monoisotopic (exact) mass is 242 g/mol. The molecule has 0 fully saturated rings. The van der Waals surface area contributed by atoms with Crippen molar-refractivity contribution in [2.75, 3.05) is 11.9 Å². The quantitative estimate of drug-likeness (QED) is 0.639. The standard InChI is InChI=1S/C14H18N4/c1-10(9-14(15)16)18(2)13-7-8-17-12-6-4-3-5-11(12)13/h3-8,10H,9H2,1-2H3,(H3,15,16). The van der Waals surface area contributed by atoms with Crippen LogP contribution < -0.4 is 10.6 Å². The lowest BCUT2D eigenvalue weighted by Gasteiger charge is -2.27. The van der Waals surface area contributed by atoms with E-state index in [4.69, 9.17) is 11.1 Å². The lowest BCUT2D eigenvalue weighted by molar-refractivity contribution is 0.711. The largest absolute Gasteiger partial charge is 0.388 e. The molecular weight excluding hydrogens is 224 g/mol. The zero-order valence-electron chi connectivity index (χ0n) is 10.7. The Morgan fingerprint density at radius 3 is 2.83 bits per heavy atom. The van der Waals surface area contributed by atoms with Crippen LogP contribution in [0.1, 0.15) is 13.3 Å². The van der Waals surface area contributed by atoms with Crippen LogP contribution in [0, 0.1) is 5.41 Å². The summed E-state index contributed by atoms with van der Waals surface area (Å²) in [6.45, 7) is 2.07. The zero-order valence-corrected chi connectivity index (χ0v) is 10.7. The van der Waals surface area contributed by atoms with Gasteiger partial charge in [-0.15, -0.1) is 0 Å². The minimum absolute atomic E-state index is 0.188. The van der Waals surface area contributed by atoms with Gasteiger partial charge in [-0.05, 0) is 19.1 Å². The zero-order chi connectivity index (χ0) is 13.1. The van der Waals surface area contributed by atoms with Crippen LogP contribution in [0.2, 0.25) is 0 Å². The van der Waals surface area contributed by atoms with Crippen molar-refractivity contribution in [3.8, 4) is 0 Å². The number of hydrogen-bond acceptors (Lipinski definition) is 3. The summed E-state index contributed by atoms with van der Waals surface area (Å²) < 4.78 is 0. The average molecular weight is 242 g/mol. The Labute approximate surface area is 107 Å². The summed E-state index contributed by atoms with van der Waals surface area (Å²) in [5.74, 6) is 0.215. The van der Waals surface area contributed by atoms with Gasteiger partial charge in [-0.25, -0.2) is 0 Å². The summed E-state index contributed by atoms with van der Waals surface area (Å²) in [5, 5.41) is 8.51. The number of hydrogen-bond donors (Lipinski definition) is 2. The Bertz CT molecular complexity index is 559. The number of nitrogens with zero attached hydrogens (tertiary/aromatic N) is 2. The Morgan fingerprint density at radius 1 is 1.39 bits per heavy atom. The van der Waals surface area contributed by atoms with Gasteiger partial charge >= 0.3 is 0 Å². The van der Waals surface area contributed by atoms with Gasteiger partial charge in [-0.3, -0.25) is 10.4 Å². The molecule has 0 saturated heterocycles. The van der Waals surface area contributed by atoms with Crippen LogP contribution >= 0.6 is 0 Å². The number of nitrogens with two attached hydrogens (primary N) is 1. The molecule has 1 unspecified atom stereocenters. The van der Waals surface area contributed by atoms with E-state index in [1.54, 1.807) is 0 Å². The lowest BCUT2D eigenvalue weighted by Crippen LogP contribution is -2.32. The maximum atomic E-state index is 7.38. The van der Waals surface area contributed by atoms with Gasteiger partial charge in [0.05, 0.1) is 11.4 Å². The van der Waals surface area contributed by atoms with E-state index in [0.717, 1.165) is 16.6 Å². The smallest absolute Gasteiger partial charge is 0.0925 e. The number of fused-ring (bicyclic) bond motifs is 1. The van der Waals surface area contributed by atoms with Gasteiger partial charge in [0.15, 0.2) is 0 Å². The first-order chi connectivity index (χ1) is 8.59. The first kappa shape index (κ1) is 12.4. The third kappa shape index (κ3) is 2.42. The number of rotatable bonds is 4. The molecule has 0 aliphatic rings. The van der Waals surface area contributed by atoms with Crippen LogP contribution in [0.3, 0.4) is 0 Å². The van der Waals surface area contributed by atoms with Crippen LogP contribution in [-0.4, -0.2) is 23.9 Å². The Morgan fingerprint density at radius 2 is 2.11 bits per heavy atom. The van der Waals surface area contributed by atoms with Crippen LogP contribution in [0.4, 0.5) is 5.69 Å². The molecule has 0 radical (unpaired) electrons. The maximum absolute atomic E-state index is 7.38. The van der Waals surface area contributed by atoms with Gasteiger partial charge in [-0.2, -0.15) is 0 Å². The molecule has 0 spiro atoms. The first-order valence-corrected chi connectivity index (χ1v) is 5.99. The van der Waals surface area contributed by atoms with Crippen molar-refractivity contribution in [1.29, 1.82) is 5.41 Å². The number of pyridine rings is 1. The highest BCUT2D eigenvalue weighted by Crippen LogP contribution is 2.25. The fourth-order valence-corrected chi connectivity index (χ4v) is 2.08. The van der Waals surface area contributed by atoms with Gasteiger partial charge in [0, 0.05) is 36.8 Å². The van der Waals surface area contributed by atoms with Gasteiger partial charge < -0.3 is 10.6 Å². The summed E-state index contributed by atoms with van der Waals surface area (Å²) in [6, 6.07) is 10.2. The van der Waals surface area contributed by atoms with Crippen LogP contribution in [-0.2, 0) is 0 Å². The second-order valence-corrected chi connectivity index (χ2v) is 4.54.